The maximum atomic E-state index is 12.3. The Morgan fingerprint density at radius 2 is 1.74 bits per heavy atom. The van der Waals surface area contributed by atoms with Gasteiger partial charge in [0.25, 0.3) is 5.91 Å². The summed E-state index contributed by atoms with van der Waals surface area (Å²) in [5, 5.41) is 6.81. The number of nitrogens with one attached hydrogen (secondary N) is 2. The molecule has 0 unspecified atom stereocenters. The molecule has 0 radical (unpaired) electrons. The molecular formula is C20H20N4O2S. The molecule has 2 aromatic carbocycles. The number of thiazole rings is 1. The summed E-state index contributed by atoms with van der Waals surface area (Å²) in [6, 6.07) is 17.6. The van der Waals surface area contributed by atoms with Gasteiger partial charge in [0.2, 0.25) is 0 Å². The van der Waals surface area contributed by atoms with E-state index in [1.165, 1.54) is 17.0 Å². The Kier molecular flexibility index (Phi) is 5.32. The highest BCUT2D eigenvalue weighted by Crippen LogP contribution is 2.25. The topological polar surface area (TPSA) is 66.5 Å². The van der Waals surface area contributed by atoms with Gasteiger partial charge in [-0.05, 0) is 36.4 Å². The van der Waals surface area contributed by atoms with Gasteiger partial charge in [-0.15, -0.1) is 0 Å². The monoisotopic (exact) mass is 380 g/mol. The summed E-state index contributed by atoms with van der Waals surface area (Å²) < 4.78 is 5.39. The third kappa shape index (κ3) is 4.45. The second-order valence-electron chi connectivity index (χ2n) is 6.12. The first-order valence-corrected chi connectivity index (χ1v) is 9.61. The number of anilines is 4. The predicted octanol–water partition coefficient (Wildman–Crippen LogP) is 3.98. The number of morpholine rings is 1. The van der Waals surface area contributed by atoms with Gasteiger partial charge in [-0.3, -0.25) is 4.79 Å². The van der Waals surface area contributed by atoms with E-state index in [-0.39, 0.29) is 5.91 Å². The standard InChI is InChI=1S/C20H20N4O2S/c25-19(22-15-4-2-1-3-5-15)18-14-21-20(27-18)23-16-6-8-17(9-7-16)24-10-12-26-13-11-24/h1-9,14H,10-13H2,(H,21,23)(H,22,25). The van der Waals surface area contributed by atoms with Crippen molar-refractivity contribution in [1.82, 2.24) is 4.98 Å². The van der Waals surface area contributed by atoms with Gasteiger partial charge in [-0.25, -0.2) is 4.98 Å². The van der Waals surface area contributed by atoms with Gasteiger partial charge in [-0.2, -0.15) is 0 Å². The Bertz CT molecular complexity index is 890. The Labute approximate surface area is 161 Å². The summed E-state index contributed by atoms with van der Waals surface area (Å²) in [5.41, 5.74) is 2.89. The van der Waals surface area contributed by atoms with E-state index in [0.29, 0.717) is 10.0 Å². The van der Waals surface area contributed by atoms with E-state index >= 15 is 0 Å². The molecule has 0 aliphatic carbocycles. The highest BCUT2D eigenvalue weighted by atomic mass is 32.1. The van der Waals surface area contributed by atoms with E-state index < -0.39 is 0 Å². The van der Waals surface area contributed by atoms with Gasteiger partial charge in [-0.1, -0.05) is 29.5 Å². The van der Waals surface area contributed by atoms with Crippen molar-refractivity contribution in [3.8, 4) is 0 Å². The van der Waals surface area contributed by atoms with Crippen molar-refractivity contribution >= 4 is 39.4 Å². The smallest absolute Gasteiger partial charge is 0.267 e. The summed E-state index contributed by atoms with van der Waals surface area (Å²) in [5.74, 6) is -0.158. The van der Waals surface area contributed by atoms with Crippen LogP contribution in [0, 0.1) is 0 Å². The minimum atomic E-state index is -0.158. The molecule has 27 heavy (non-hydrogen) atoms. The molecule has 1 aromatic heterocycles. The van der Waals surface area contributed by atoms with Crippen molar-refractivity contribution in [1.29, 1.82) is 0 Å². The zero-order chi connectivity index (χ0) is 18.5. The number of aromatic nitrogens is 1. The Hall–Kier alpha value is -2.90. The number of hydrogen-bond donors (Lipinski definition) is 2. The lowest BCUT2D eigenvalue weighted by Gasteiger charge is -2.28. The van der Waals surface area contributed by atoms with E-state index in [1.54, 1.807) is 6.20 Å². The van der Waals surface area contributed by atoms with Crippen LogP contribution >= 0.6 is 11.3 Å². The lowest BCUT2D eigenvalue weighted by Crippen LogP contribution is -2.36. The van der Waals surface area contributed by atoms with Crippen LogP contribution in [0.5, 0.6) is 0 Å². The summed E-state index contributed by atoms with van der Waals surface area (Å²) in [6.45, 7) is 3.37. The van der Waals surface area contributed by atoms with Crippen LogP contribution in [0.2, 0.25) is 0 Å². The molecule has 2 heterocycles. The Balaban J connectivity index is 1.38. The van der Waals surface area contributed by atoms with Gasteiger partial charge in [0, 0.05) is 30.2 Å². The molecule has 1 amide bonds. The summed E-state index contributed by atoms with van der Waals surface area (Å²) in [7, 11) is 0. The van der Waals surface area contributed by atoms with Gasteiger partial charge < -0.3 is 20.3 Å². The number of carbonyl (C=O) groups is 1. The Morgan fingerprint density at radius 1 is 1.00 bits per heavy atom. The van der Waals surface area contributed by atoms with E-state index in [4.69, 9.17) is 4.74 Å². The molecule has 1 aliphatic rings. The maximum Gasteiger partial charge on any atom is 0.267 e. The second-order valence-corrected chi connectivity index (χ2v) is 7.15. The minimum absolute atomic E-state index is 0.158. The van der Waals surface area contributed by atoms with Crippen LogP contribution in [0.4, 0.5) is 22.2 Å². The van der Waals surface area contributed by atoms with Crippen molar-refractivity contribution < 1.29 is 9.53 Å². The van der Waals surface area contributed by atoms with Crippen LogP contribution in [0.1, 0.15) is 9.67 Å². The molecule has 138 valence electrons. The van der Waals surface area contributed by atoms with E-state index in [2.05, 4.69) is 32.7 Å². The van der Waals surface area contributed by atoms with Crippen LogP contribution in [0.3, 0.4) is 0 Å². The fourth-order valence-corrected chi connectivity index (χ4v) is 3.58. The number of benzene rings is 2. The molecule has 1 saturated heterocycles. The molecule has 3 aromatic rings. The lowest BCUT2D eigenvalue weighted by atomic mass is 10.2. The first-order valence-electron chi connectivity index (χ1n) is 8.80. The molecule has 0 saturated carbocycles. The van der Waals surface area contributed by atoms with Crippen molar-refractivity contribution in [3.63, 3.8) is 0 Å². The van der Waals surface area contributed by atoms with Crippen LogP contribution in [-0.2, 0) is 4.74 Å². The lowest BCUT2D eigenvalue weighted by molar-refractivity contribution is 0.103. The summed E-state index contributed by atoms with van der Waals surface area (Å²) >= 11 is 1.33. The molecule has 7 heteroatoms. The van der Waals surface area contributed by atoms with Crippen molar-refractivity contribution in [2.45, 2.75) is 0 Å². The molecule has 2 N–H and O–H groups in total. The average Bonchev–Trinajstić information content (AvgIpc) is 3.19. The molecule has 0 bridgehead atoms. The highest BCUT2D eigenvalue weighted by Gasteiger charge is 2.12. The zero-order valence-electron chi connectivity index (χ0n) is 14.7. The molecule has 0 spiro atoms. The highest BCUT2D eigenvalue weighted by molar-refractivity contribution is 7.17. The molecule has 1 aliphatic heterocycles. The largest absolute Gasteiger partial charge is 0.378 e. The number of rotatable bonds is 5. The molecule has 1 fully saturated rings. The molecular weight excluding hydrogens is 360 g/mol. The summed E-state index contributed by atoms with van der Waals surface area (Å²) in [4.78, 5) is 19.5. The fraction of sp³-hybridized carbons (Fsp3) is 0.200. The van der Waals surface area contributed by atoms with Gasteiger partial charge in [0.1, 0.15) is 4.88 Å². The van der Waals surface area contributed by atoms with Crippen LogP contribution < -0.4 is 15.5 Å². The second kappa shape index (κ2) is 8.20. The van der Waals surface area contributed by atoms with E-state index in [1.807, 2.05) is 42.5 Å². The predicted molar refractivity (Wildman–Crippen MR) is 109 cm³/mol. The quantitative estimate of drug-likeness (QED) is 0.701. The van der Waals surface area contributed by atoms with Crippen molar-refractivity contribution in [3.05, 3.63) is 65.7 Å². The third-order valence-corrected chi connectivity index (χ3v) is 5.17. The van der Waals surface area contributed by atoms with Gasteiger partial charge in [0.05, 0.1) is 19.4 Å². The minimum Gasteiger partial charge on any atom is -0.378 e. The molecule has 6 nitrogen and oxygen atoms in total. The number of nitrogens with zero attached hydrogens (tertiary/aromatic N) is 2. The number of amides is 1. The fourth-order valence-electron chi connectivity index (χ4n) is 2.85. The van der Waals surface area contributed by atoms with Crippen LogP contribution in [-0.4, -0.2) is 37.2 Å². The SMILES string of the molecule is O=C(Nc1ccccc1)c1cnc(Nc2ccc(N3CCOCC3)cc2)s1. The van der Waals surface area contributed by atoms with Gasteiger partial charge in [0.15, 0.2) is 5.13 Å². The number of para-hydroxylation sites is 1. The first-order chi connectivity index (χ1) is 13.3. The number of carbonyl (C=O) groups excluding carboxylic acids is 1. The van der Waals surface area contributed by atoms with Crippen molar-refractivity contribution in [2.24, 2.45) is 0 Å². The molecule has 4 rings (SSSR count). The first kappa shape index (κ1) is 17.5. The van der Waals surface area contributed by atoms with E-state index in [0.717, 1.165) is 37.7 Å². The van der Waals surface area contributed by atoms with Crippen LogP contribution in [0.15, 0.2) is 60.8 Å². The molecule has 0 atom stereocenters. The normalized spacial score (nSPS) is 14.0. The zero-order valence-corrected chi connectivity index (χ0v) is 15.5. The van der Waals surface area contributed by atoms with Crippen LogP contribution in [0.25, 0.3) is 0 Å². The number of ether oxygens (including phenoxy) is 1. The van der Waals surface area contributed by atoms with Crippen molar-refractivity contribution in [2.75, 3.05) is 41.8 Å². The van der Waals surface area contributed by atoms with Gasteiger partial charge >= 0.3 is 0 Å². The Morgan fingerprint density at radius 3 is 2.48 bits per heavy atom. The maximum absolute atomic E-state index is 12.3. The average molecular weight is 380 g/mol. The van der Waals surface area contributed by atoms with E-state index in [9.17, 15) is 4.79 Å². The third-order valence-electron chi connectivity index (χ3n) is 4.26. The number of hydrogen-bond acceptors (Lipinski definition) is 6. The summed E-state index contributed by atoms with van der Waals surface area (Å²) in [6.07, 6.45) is 1.59.